The van der Waals surface area contributed by atoms with Gasteiger partial charge in [-0.15, -0.1) is 10.2 Å². The van der Waals surface area contributed by atoms with Crippen LogP contribution in [-0.2, 0) is 4.79 Å². The predicted molar refractivity (Wildman–Crippen MR) is 107 cm³/mol. The molecule has 0 aliphatic carbocycles. The van der Waals surface area contributed by atoms with Crippen LogP contribution in [0.15, 0.2) is 64.2 Å². The molecule has 0 aliphatic rings. The van der Waals surface area contributed by atoms with Gasteiger partial charge in [0.15, 0.2) is 0 Å². The number of aromatic nitrogens is 2. The van der Waals surface area contributed by atoms with Gasteiger partial charge in [0.1, 0.15) is 18.1 Å². The van der Waals surface area contributed by atoms with Gasteiger partial charge in [-0.25, -0.2) is 0 Å². The molecule has 0 aliphatic heterocycles. The third kappa shape index (κ3) is 6.02. The molecule has 0 atom stereocenters. The summed E-state index contributed by atoms with van der Waals surface area (Å²) >= 11 is 1.19. The van der Waals surface area contributed by atoms with Gasteiger partial charge in [0.25, 0.3) is 5.22 Å². The van der Waals surface area contributed by atoms with Crippen molar-refractivity contribution in [2.45, 2.75) is 12.1 Å². The predicted octanol–water partition coefficient (Wildman–Crippen LogP) is 3.42. The molecule has 3 aromatic rings. The molecule has 3 rings (SSSR count). The zero-order valence-electron chi connectivity index (χ0n) is 15.5. The highest BCUT2D eigenvalue weighted by Gasteiger charge is 2.11. The first-order chi connectivity index (χ1) is 13.7. The van der Waals surface area contributed by atoms with E-state index in [0.29, 0.717) is 30.9 Å². The zero-order chi connectivity index (χ0) is 19.6. The van der Waals surface area contributed by atoms with Crippen molar-refractivity contribution in [3.8, 4) is 23.0 Å². The first-order valence-electron chi connectivity index (χ1n) is 8.88. The molecule has 1 N–H and O–H groups in total. The Bertz CT molecular complexity index is 869. The van der Waals surface area contributed by atoms with Gasteiger partial charge in [-0.2, -0.15) is 0 Å². The maximum atomic E-state index is 11.9. The maximum Gasteiger partial charge on any atom is 0.277 e. The number of hydrogen-bond acceptors (Lipinski definition) is 7. The smallest absolute Gasteiger partial charge is 0.277 e. The van der Waals surface area contributed by atoms with Crippen molar-refractivity contribution in [1.29, 1.82) is 0 Å². The minimum absolute atomic E-state index is 0.123. The number of nitrogens with zero attached hydrogens (tertiary/aromatic N) is 2. The summed E-state index contributed by atoms with van der Waals surface area (Å²) in [7, 11) is 0. The van der Waals surface area contributed by atoms with E-state index in [0.717, 1.165) is 17.1 Å². The minimum Gasteiger partial charge on any atom is -0.494 e. The molecule has 28 heavy (non-hydrogen) atoms. The van der Waals surface area contributed by atoms with E-state index >= 15 is 0 Å². The van der Waals surface area contributed by atoms with E-state index in [4.69, 9.17) is 13.9 Å². The van der Waals surface area contributed by atoms with Gasteiger partial charge < -0.3 is 19.2 Å². The lowest BCUT2D eigenvalue weighted by Gasteiger charge is -2.06. The number of ether oxygens (including phenoxy) is 2. The molecule has 0 spiro atoms. The van der Waals surface area contributed by atoms with Gasteiger partial charge in [-0.3, -0.25) is 4.79 Å². The third-order valence-corrected chi connectivity index (χ3v) is 4.40. The van der Waals surface area contributed by atoms with E-state index in [1.54, 1.807) is 0 Å². The monoisotopic (exact) mass is 399 g/mol. The maximum absolute atomic E-state index is 11.9. The van der Waals surface area contributed by atoms with Gasteiger partial charge in [0.05, 0.1) is 18.9 Å². The van der Waals surface area contributed by atoms with Gasteiger partial charge >= 0.3 is 0 Å². The number of carbonyl (C=O) groups excluding carboxylic acids is 1. The first kappa shape index (κ1) is 19.8. The van der Waals surface area contributed by atoms with Crippen LogP contribution in [0, 0.1) is 0 Å². The molecule has 0 bridgehead atoms. The Labute approximate surface area is 167 Å². The fourth-order valence-corrected chi connectivity index (χ4v) is 2.89. The summed E-state index contributed by atoms with van der Waals surface area (Å²) in [4.78, 5) is 11.9. The summed E-state index contributed by atoms with van der Waals surface area (Å²) in [6.07, 6.45) is 0. The lowest BCUT2D eigenvalue weighted by molar-refractivity contribution is -0.118. The lowest BCUT2D eigenvalue weighted by atomic mass is 10.2. The molecule has 8 heteroatoms. The Morgan fingerprint density at radius 3 is 2.54 bits per heavy atom. The van der Waals surface area contributed by atoms with Gasteiger partial charge in [-0.1, -0.05) is 30.0 Å². The van der Waals surface area contributed by atoms with Crippen LogP contribution in [-0.4, -0.2) is 41.6 Å². The SMILES string of the molecule is CCOc1ccc(-c2nnc(SCC(=O)NCCOc3ccccc3)o2)cc1. The van der Waals surface area contributed by atoms with Crippen molar-refractivity contribution in [2.75, 3.05) is 25.5 Å². The molecule has 1 aromatic heterocycles. The van der Waals surface area contributed by atoms with Crippen LogP contribution in [0.2, 0.25) is 0 Å². The summed E-state index contributed by atoms with van der Waals surface area (Å²) in [6.45, 7) is 3.38. The molecule has 0 fully saturated rings. The van der Waals surface area contributed by atoms with Gasteiger partial charge in [-0.05, 0) is 43.3 Å². The summed E-state index contributed by atoms with van der Waals surface area (Å²) < 4.78 is 16.5. The Balaban J connectivity index is 1.39. The quantitative estimate of drug-likeness (QED) is 0.413. The first-order valence-corrected chi connectivity index (χ1v) is 9.87. The number of benzene rings is 2. The topological polar surface area (TPSA) is 86.5 Å². The van der Waals surface area contributed by atoms with E-state index in [1.165, 1.54) is 11.8 Å². The summed E-state index contributed by atoms with van der Waals surface area (Å²) in [5.41, 5.74) is 0.797. The Morgan fingerprint density at radius 2 is 1.79 bits per heavy atom. The van der Waals surface area contributed by atoms with Crippen LogP contribution in [0.1, 0.15) is 6.92 Å². The highest BCUT2D eigenvalue weighted by atomic mass is 32.2. The molecule has 146 valence electrons. The minimum atomic E-state index is -0.123. The zero-order valence-corrected chi connectivity index (χ0v) is 16.3. The number of hydrogen-bond donors (Lipinski definition) is 1. The highest BCUT2D eigenvalue weighted by Crippen LogP contribution is 2.24. The second kappa shape index (κ2) is 10.4. The van der Waals surface area contributed by atoms with Crippen molar-refractivity contribution in [3.63, 3.8) is 0 Å². The number of rotatable bonds is 10. The molecule has 0 saturated carbocycles. The normalized spacial score (nSPS) is 10.5. The van der Waals surface area contributed by atoms with Crippen molar-refractivity contribution in [2.24, 2.45) is 0 Å². The standard InChI is InChI=1S/C20H21N3O4S/c1-2-25-17-10-8-15(9-11-17)19-22-23-20(27-19)28-14-18(24)21-12-13-26-16-6-4-3-5-7-16/h3-11H,2,12-14H2,1H3,(H,21,24). The lowest BCUT2D eigenvalue weighted by Crippen LogP contribution is -2.29. The average molecular weight is 399 g/mol. The molecule has 2 aromatic carbocycles. The Kier molecular flexibility index (Phi) is 7.31. The molecule has 1 amide bonds. The second-order valence-corrected chi connectivity index (χ2v) is 6.56. The molecular formula is C20H21N3O4S. The van der Waals surface area contributed by atoms with Crippen molar-refractivity contribution in [3.05, 3.63) is 54.6 Å². The Morgan fingerprint density at radius 1 is 1.04 bits per heavy atom. The average Bonchev–Trinajstić information content (AvgIpc) is 3.20. The largest absolute Gasteiger partial charge is 0.494 e. The molecule has 7 nitrogen and oxygen atoms in total. The number of para-hydroxylation sites is 1. The number of nitrogens with one attached hydrogen (secondary N) is 1. The Hall–Kier alpha value is -3.00. The second-order valence-electron chi connectivity index (χ2n) is 5.63. The number of amides is 1. The molecule has 1 heterocycles. The molecule has 0 saturated heterocycles. The van der Waals surface area contributed by atoms with Crippen molar-refractivity contribution >= 4 is 17.7 Å². The summed E-state index contributed by atoms with van der Waals surface area (Å²) in [5.74, 6) is 2.03. The van der Waals surface area contributed by atoms with Crippen LogP contribution in [0.25, 0.3) is 11.5 Å². The summed E-state index contributed by atoms with van der Waals surface area (Å²) in [6, 6.07) is 16.9. The fourth-order valence-electron chi connectivity index (χ4n) is 2.30. The van der Waals surface area contributed by atoms with Crippen LogP contribution in [0.3, 0.4) is 0 Å². The van der Waals surface area contributed by atoms with Gasteiger partial charge in [0, 0.05) is 5.56 Å². The number of thioether (sulfide) groups is 1. The fraction of sp³-hybridized carbons (Fsp3) is 0.250. The van der Waals surface area contributed by atoms with Gasteiger partial charge in [0.2, 0.25) is 11.8 Å². The number of carbonyl (C=O) groups is 1. The molecule has 0 radical (unpaired) electrons. The van der Waals surface area contributed by atoms with E-state index in [9.17, 15) is 4.79 Å². The molecule has 0 unspecified atom stereocenters. The van der Waals surface area contributed by atoms with Crippen molar-refractivity contribution < 1.29 is 18.7 Å². The van der Waals surface area contributed by atoms with E-state index in [2.05, 4.69) is 15.5 Å². The van der Waals surface area contributed by atoms with E-state index in [1.807, 2.05) is 61.5 Å². The van der Waals surface area contributed by atoms with E-state index in [-0.39, 0.29) is 11.7 Å². The third-order valence-electron chi connectivity index (χ3n) is 3.58. The van der Waals surface area contributed by atoms with Crippen LogP contribution in [0.4, 0.5) is 0 Å². The van der Waals surface area contributed by atoms with Crippen LogP contribution in [0.5, 0.6) is 11.5 Å². The van der Waals surface area contributed by atoms with Crippen LogP contribution >= 0.6 is 11.8 Å². The van der Waals surface area contributed by atoms with Crippen LogP contribution < -0.4 is 14.8 Å². The molecular weight excluding hydrogens is 378 g/mol. The van der Waals surface area contributed by atoms with E-state index < -0.39 is 0 Å². The summed E-state index contributed by atoms with van der Waals surface area (Å²) in [5, 5.41) is 11.1. The highest BCUT2D eigenvalue weighted by molar-refractivity contribution is 7.99. The van der Waals surface area contributed by atoms with Crippen molar-refractivity contribution in [1.82, 2.24) is 15.5 Å².